The van der Waals surface area contributed by atoms with Crippen LogP contribution in [0.5, 0.6) is 0 Å². The molecule has 2 aromatic rings. The van der Waals surface area contributed by atoms with Gasteiger partial charge in [0.1, 0.15) is 5.82 Å². The Hall–Kier alpha value is -1.15. The van der Waals surface area contributed by atoms with Crippen molar-refractivity contribution in [1.82, 2.24) is 4.98 Å². The van der Waals surface area contributed by atoms with Crippen LogP contribution in [0.2, 0.25) is 5.02 Å². The van der Waals surface area contributed by atoms with Gasteiger partial charge in [-0.3, -0.25) is 0 Å². The van der Waals surface area contributed by atoms with E-state index in [9.17, 15) is 0 Å². The van der Waals surface area contributed by atoms with Gasteiger partial charge in [-0.2, -0.15) is 0 Å². The molecule has 0 aliphatic carbocycles. The Morgan fingerprint density at radius 1 is 1.42 bits per heavy atom. The van der Waals surface area contributed by atoms with Gasteiger partial charge in [-0.15, -0.1) is 0 Å². The number of aromatic nitrogens is 1. The summed E-state index contributed by atoms with van der Waals surface area (Å²) in [5, 5.41) is 1.84. The first-order valence-electron chi connectivity index (χ1n) is 3.72. The third-order valence-electron chi connectivity index (χ3n) is 2.06. The van der Waals surface area contributed by atoms with Gasteiger partial charge in [-0.1, -0.05) is 11.6 Å². The number of anilines is 1. The van der Waals surface area contributed by atoms with Crippen LogP contribution < -0.4 is 5.73 Å². The number of rotatable bonds is 0. The van der Waals surface area contributed by atoms with E-state index in [1.807, 2.05) is 25.1 Å². The molecule has 1 aromatic carbocycles. The molecule has 62 valence electrons. The lowest BCUT2D eigenvalue weighted by atomic mass is 10.2. The Morgan fingerprint density at radius 3 is 2.92 bits per heavy atom. The molecular formula is C9H9ClN2. The number of fused-ring (bicyclic) bond motifs is 1. The molecule has 1 heterocycles. The zero-order valence-corrected chi connectivity index (χ0v) is 7.44. The fourth-order valence-electron chi connectivity index (χ4n) is 1.32. The quantitative estimate of drug-likeness (QED) is 0.643. The highest BCUT2D eigenvalue weighted by atomic mass is 35.5. The van der Waals surface area contributed by atoms with Gasteiger partial charge < -0.3 is 10.7 Å². The van der Waals surface area contributed by atoms with E-state index in [0.717, 1.165) is 21.5 Å². The van der Waals surface area contributed by atoms with E-state index >= 15 is 0 Å². The molecule has 0 saturated carbocycles. The molecule has 12 heavy (non-hydrogen) atoms. The Kier molecular flexibility index (Phi) is 1.51. The highest BCUT2D eigenvalue weighted by Gasteiger charge is 2.03. The van der Waals surface area contributed by atoms with Gasteiger partial charge in [0.25, 0.3) is 0 Å². The number of hydrogen-bond donors (Lipinski definition) is 2. The normalized spacial score (nSPS) is 10.8. The van der Waals surface area contributed by atoms with E-state index < -0.39 is 0 Å². The minimum Gasteiger partial charge on any atom is -0.385 e. The summed E-state index contributed by atoms with van der Waals surface area (Å²) < 4.78 is 0. The summed E-state index contributed by atoms with van der Waals surface area (Å²) in [7, 11) is 0. The largest absolute Gasteiger partial charge is 0.385 e. The molecule has 0 spiro atoms. The van der Waals surface area contributed by atoms with E-state index in [-0.39, 0.29) is 0 Å². The molecule has 2 rings (SSSR count). The molecule has 0 atom stereocenters. The molecule has 0 amide bonds. The van der Waals surface area contributed by atoms with Crippen LogP contribution in [0.15, 0.2) is 18.2 Å². The number of nitrogens with one attached hydrogen (secondary N) is 1. The lowest BCUT2D eigenvalue weighted by molar-refractivity contribution is 1.43. The molecular weight excluding hydrogens is 172 g/mol. The third-order valence-corrected chi connectivity index (χ3v) is 2.29. The van der Waals surface area contributed by atoms with Crippen molar-refractivity contribution in [3.63, 3.8) is 0 Å². The summed E-state index contributed by atoms with van der Waals surface area (Å²) in [5.74, 6) is 0.715. The van der Waals surface area contributed by atoms with E-state index in [2.05, 4.69) is 4.98 Å². The van der Waals surface area contributed by atoms with Crippen molar-refractivity contribution in [3.05, 3.63) is 28.8 Å². The van der Waals surface area contributed by atoms with Crippen molar-refractivity contribution >= 4 is 28.3 Å². The van der Waals surface area contributed by atoms with Crippen molar-refractivity contribution in [1.29, 1.82) is 0 Å². The maximum atomic E-state index is 5.85. The number of aromatic amines is 1. The molecule has 3 N–H and O–H groups in total. The first-order chi connectivity index (χ1) is 5.68. The van der Waals surface area contributed by atoms with Crippen LogP contribution in [0.4, 0.5) is 5.82 Å². The van der Waals surface area contributed by atoms with E-state index in [1.54, 1.807) is 0 Å². The Morgan fingerprint density at radius 2 is 2.17 bits per heavy atom. The Labute approximate surface area is 75.3 Å². The number of benzene rings is 1. The number of hydrogen-bond acceptors (Lipinski definition) is 1. The molecule has 0 aliphatic heterocycles. The second-order valence-corrected chi connectivity index (χ2v) is 3.29. The summed E-state index contributed by atoms with van der Waals surface area (Å²) in [4.78, 5) is 3.07. The summed E-state index contributed by atoms with van der Waals surface area (Å²) in [6.07, 6.45) is 0. The van der Waals surface area contributed by atoms with Gasteiger partial charge in [-0.25, -0.2) is 0 Å². The SMILES string of the molecule is Cc1c(N)[nH]c2ccc(Cl)cc12. The number of H-pyrrole nitrogens is 1. The van der Waals surface area contributed by atoms with E-state index in [0.29, 0.717) is 5.82 Å². The molecule has 2 nitrogen and oxygen atoms in total. The minimum absolute atomic E-state index is 0.715. The van der Waals surface area contributed by atoms with E-state index in [1.165, 1.54) is 0 Å². The number of aryl methyl sites for hydroxylation is 1. The fraction of sp³-hybridized carbons (Fsp3) is 0.111. The van der Waals surface area contributed by atoms with Crippen LogP contribution in [-0.4, -0.2) is 4.98 Å². The smallest absolute Gasteiger partial charge is 0.104 e. The molecule has 0 bridgehead atoms. The van der Waals surface area contributed by atoms with Crippen molar-refractivity contribution in [2.45, 2.75) is 6.92 Å². The van der Waals surface area contributed by atoms with Crippen LogP contribution in [0.1, 0.15) is 5.56 Å². The number of nitrogen functional groups attached to an aromatic ring is 1. The topological polar surface area (TPSA) is 41.8 Å². The summed E-state index contributed by atoms with van der Waals surface area (Å²) in [6.45, 7) is 1.98. The molecule has 0 radical (unpaired) electrons. The lowest BCUT2D eigenvalue weighted by Gasteiger charge is -1.91. The number of halogens is 1. The standard InChI is InChI=1S/C9H9ClN2/c1-5-7-4-6(10)2-3-8(7)12-9(5)11/h2-4,12H,11H2,1H3. The molecule has 1 aromatic heterocycles. The van der Waals surface area contributed by atoms with Crippen molar-refractivity contribution in [2.75, 3.05) is 5.73 Å². The highest BCUT2D eigenvalue weighted by molar-refractivity contribution is 6.31. The Bertz CT molecular complexity index is 431. The third kappa shape index (κ3) is 0.959. The molecule has 0 fully saturated rings. The zero-order valence-electron chi connectivity index (χ0n) is 6.69. The first kappa shape index (κ1) is 7.50. The van der Waals surface area contributed by atoms with Gasteiger partial charge >= 0.3 is 0 Å². The van der Waals surface area contributed by atoms with Gasteiger partial charge in [0.05, 0.1) is 0 Å². The Balaban J connectivity index is 2.88. The average molecular weight is 181 g/mol. The van der Waals surface area contributed by atoms with E-state index in [4.69, 9.17) is 17.3 Å². The van der Waals surface area contributed by atoms with Crippen LogP contribution in [0, 0.1) is 6.92 Å². The van der Waals surface area contributed by atoms with Gasteiger partial charge in [0, 0.05) is 15.9 Å². The maximum Gasteiger partial charge on any atom is 0.104 e. The van der Waals surface area contributed by atoms with Crippen molar-refractivity contribution in [2.24, 2.45) is 0 Å². The van der Waals surface area contributed by atoms with Crippen LogP contribution in [0.3, 0.4) is 0 Å². The average Bonchev–Trinajstić information content (AvgIpc) is 2.31. The summed E-state index contributed by atoms with van der Waals surface area (Å²) in [5.41, 5.74) is 7.80. The van der Waals surface area contributed by atoms with Crippen LogP contribution >= 0.6 is 11.6 Å². The molecule has 0 saturated heterocycles. The van der Waals surface area contributed by atoms with Crippen molar-refractivity contribution in [3.8, 4) is 0 Å². The van der Waals surface area contributed by atoms with Crippen LogP contribution in [-0.2, 0) is 0 Å². The maximum absolute atomic E-state index is 5.85. The van der Waals surface area contributed by atoms with Gasteiger partial charge in [0.15, 0.2) is 0 Å². The molecule has 3 heteroatoms. The minimum atomic E-state index is 0.715. The predicted molar refractivity (Wildman–Crippen MR) is 52.5 cm³/mol. The molecule has 0 aliphatic rings. The molecule has 0 unspecified atom stereocenters. The van der Waals surface area contributed by atoms with Gasteiger partial charge in [0.2, 0.25) is 0 Å². The second-order valence-electron chi connectivity index (χ2n) is 2.85. The monoisotopic (exact) mass is 180 g/mol. The lowest BCUT2D eigenvalue weighted by Crippen LogP contribution is -1.84. The zero-order chi connectivity index (χ0) is 8.72. The summed E-state index contributed by atoms with van der Waals surface area (Å²) in [6, 6.07) is 5.69. The summed E-state index contributed by atoms with van der Waals surface area (Å²) >= 11 is 5.85. The first-order valence-corrected chi connectivity index (χ1v) is 4.09. The highest BCUT2D eigenvalue weighted by Crippen LogP contribution is 2.25. The van der Waals surface area contributed by atoms with Crippen molar-refractivity contribution < 1.29 is 0 Å². The van der Waals surface area contributed by atoms with Crippen LogP contribution in [0.25, 0.3) is 10.9 Å². The number of nitrogens with two attached hydrogens (primary N) is 1. The van der Waals surface area contributed by atoms with Gasteiger partial charge in [-0.05, 0) is 30.7 Å². The fourth-order valence-corrected chi connectivity index (χ4v) is 1.49. The second kappa shape index (κ2) is 2.42. The predicted octanol–water partition coefficient (Wildman–Crippen LogP) is 2.71.